The normalized spacial score (nSPS) is 10.6. The van der Waals surface area contributed by atoms with Crippen LogP contribution in [0.2, 0.25) is 0 Å². The van der Waals surface area contributed by atoms with Gasteiger partial charge >= 0.3 is 5.97 Å². The van der Waals surface area contributed by atoms with Crippen molar-refractivity contribution < 1.29 is 29.2 Å². The maximum absolute atomic E-state index is 11.5. The van der Waals surface area contributed by atoms with E-state index in [0.29, 0.717) is 0 Å². The molecule has 0 aliphatic carbocycles. The average molecular weight is 332 g/mol. The first-order valence-electron chi connectivity index (χ1n) is 6.79. The van der Waals surface area contributed by atoms with E-state index in [1.54, 1.807) is 12.1 Å². The van der Waals surface area contributed by atoms with Crippen LogP contribution in [0.5, 0.6) is 23.0 Å². The second-order valence-corrected chi connectivity index (χ2v) is 4.54. The summed E-state index contributed by atoms with van der Waals surface area (Å²) in [6.07, 6.45) is 0. The quantitative estimate of drug-likeness (QED) is 0.783. The number of phenolic OH excluding ortho intramolecular Hbond substituents is 1. The number of phenols is 1. The van der Waals surface area contributed by atoms with Crippen LogP contribution in [0.4, 0.5) is 11.4 Å². The number of benzene rings is 2. The van der Waals surface area contributed by atoms with Crippen molar-refractivity contribution in [3.63, 3.8) is 0 Å². The van der Waals surface area contributed by atoms with Crippen LogP contribution in [0.3, 0.4) is 0 Å². The van der Waals surface area contributed by atoms with Crippen LogP contribution in [0.1, 0.15) is 10.4 Å². The molecule has 0 aliphatic rings. The third-order valence-corrected chi connectivity index (χ3v) is 3.17. The lowest BCUT2D eigenvalue weighted by atomic mass is 10.1. The number of carboxylic acid groups (broad SMARTS) is 1. The smallest absolute Gasteiger partial charge is 0.338 e. The molecule has 0 fully saturated rings. The van der Waals surface area contributed by atoms with Gasteiger partial charge in [-0.25, -0.2) is 4.79 Å². The van der Waals surface area contributed by atoms with Crippen molar-refractivity contribution >= 4 is 17.3 Å². The fourth-order valence-electron chi connectivity index (χ4n) is 2.06. The van der Waals surface area contributed by atoms with E-state index in [-0.39, 0.29) is 39.9 Å². The second kappa shape index (κ2) is 7.32. The lowest BCUT2D eigenvalue weighted by molar-refractivity contribution is 0.0697. The monoisotopic (exact) mass is 332 g/mol. The van der Waals surface area contributed by atoms with Crippen molar-refractivity contribution in [1.82, 2.24) is 0 Å². The van der Waals surface area contributed by atoms with Gasteiger partial charge in [-0.1, -0.05) is 12.1 Å². The molecule has 8 nitrogen and oxygen atoms in total. The topological polar surface area (TPSA) is 110 Å². The first-order chi connectivity index (χ1) is 11.5. The summed E-state index contributed by atoms with van der Waals surface area (Å²) >= 11 is 0. The Bertz CT molecular complexity index is 788. The number of para-hydroxylation sites is 1. The number of carboxylic acids is 1. The minimum atomic E-state index is -1.24. The number of carbonyl (C=O) groups is 1. The number of aromatic hydroxyl groups is 1. The third kappa shape index (κ3) is 3.22. The molecule has 0 unspecified atom stereocenters. The maximum Gasteiger partial charge on any atom is 0.338 e. The van der Waals surface area contributed by atoms with Gasteiger partial charge in [0.1, 0.15) is 17.1 Å². The summed E-state index contributed by atoms with van der Waals surface area (Å²) in [5, 5.41) is 27.0. The molecule has 0 heterocycles. The lowest BCUT2D eigenvalue weighted by Gasteiger charge is -2.15. The number of ether oxygens (including phenoxy) is 3. The highest BCUT2D eigenvalue weighted by Crippen LogP contribution is 2.47. The molecule has 0 saturated carbocycles. The minimum absolute atomic E-state index is 0.0501. The van der Waals surface area contributed by atoms with E-state index < -0.39 is 5.97 Å². The predicted octanol–water partition coefficient (Wildman–Crippen LogP) is 3.53. The Morgan fingerprint density at radius 1 is 1.00 bits per heavy atom. The first-order valence-corrected chi connectivity index (χ1v) is 6.79. The molecule has 0 aliphatic heterocycles. The van der Waals surface area contributed by atoms with E-state index in [4.69, 9.17) is 14.2 Å². The van der Waals surface area contributed by atoms with Gasteiger partial charge in [0.15, 0.2) is 11.5 Å². The molecule has 2 aromatic rings. The Morgan fingerprint density at radius 3 is 2.21 bits per heavy atom. The van der Waals surface area contributed by atoms with Gasteiger partial charge < -0.3 is 24.4 Å². The third-order valence-electron chi connectivity index (χ3n) is 3.17. The molecule has 0 aromatic heterocycles. The Balaban J connectivity index is 2.66. The van der Waals surface area contributed by atoms with E-state index in [1.807, 2.05) is 0 Å². The van der Waals surface area contributed by atoms with Crippen LogP contribution in [-0.2, 0) is 0 Å². The first kappa shape index (κ1) is 17.1. The summed E-state index contributed by atoms with van der Waals surface area (Å²) < 4.78 is 15.6. The fraction of sp³-hybridized carbons (Fsp3) is 0.188. The van der Waals surface area contributed by atoms with Gasteiger partial charge in [-0.05, 0) is 12.1 Å². The van der Waals surface area contributed by atoms with Crippen molar-refractivity contribution in [2.75, 3.05) is 21.3 Å². The van der Waals surface area contributed by atoms with Crippen LogP contribution in [-0.4, -0.2) is 37.5 Å². The summed E-state index contributed by atoms with van der Waals surface area (Å²) in [6.45, 7) is 0. The van der Waals surface area contributed by atoms with Gasteiger partial charge in [0.2, 0.25) is 5.75 Å². The van der Waals surface area contributed by atoms with E-state index in [1.165, 1.54) is 39.5 Å². The number of methoxy groups -OCH3 is 3. The number of hydrogen-bond donors (Lipinski definition) is 2. The van der Waals surface area contributed by atoms with E-state index in [9.17, 15) is 15.0 Å². The summed E-state index contributed by atoms with van der Waals surface area (Å²) in [7, 11) is 4.12. The lowest BCUT2D eigenvalue weighted by Crippen LogP contribution is -2.02. The van der Waals surface area contributed by atoms with Gasteiger partial charge in [-0.3, -0.25) is 0 Å². The molecule has 0 bridgehead atoms. The molecule has 8 heteroatoms. The zero-order chi connectivity index (χ0) is 17.7. The molecule has 0 atom stereocenters. The molecule has 2 aromatic carbocycles. The van der Waals surface area contributed by atoms with E-state index >= 15 is 0 Å². The molecule has 0 radical (unpaired) electrons. The van der Waals surface area contributed by atoms with Gasteiger partial charge in [0.25, 0.3) is 0 Å². The SMILES string of the molecule is COc1cc(C(=O)O)c(N=Nc2ccccc2O)c(OC)c1OC. The van der Waals surface area contributed by atoms with Crippen LogP contribution in [0.15, 0.2) is 40.6 Å². The molecule has 126 valence electrons. The van der Waals surface area contributed by atoms with Gasteiger partial charge in [-0.2, -0.15) is 0 Å². The minimum Gasteiger partial charge on any atom is -0.506 e. The van der Waals surface area contributed by atoms with Crippen LogP contribution in [0.25, 0.3) is 0 Å². The molecule has 0 saturated heterocycles. The molecule has 2 rings (SSSR count). The van der Waals surface area contributed by atoms with Gasteiger partial charge in [0, 0.05) is 6.07 Å². The van der Waals surface area contributed by atoms with Crippen molar-refractivity contribution in [3.05, 3.63) is 35.9 Å². The zero-order valence-electron chi connectivity index (χ0n) is 13.3. The summed E-state index contributed by atoms with van der Waals surface area (Å²) in [4.78, 5) is 11.5. The van der Waals surface area contributed by atoms with Crippen molar-refractivity contribution in [3.8, 4) is 23.0 Å². The summed E-state index contributed by atoms with van der Waals surface area (Å²) in [6, 6.07) is 7.54. The summed E-state index contributed by atoms with van der Waals surface area (Å²) in [5.74, 6) is -0.879. The highest BCUT2D eigenvalue weighted by atomic mass is 16.5. The van der Waals surface area contributed by atoms with Gasteiger partial charge in [0.05, 0.1) is 26.9 Å². The van der Waals surface area contributed by atoms with E-state index in [0.717, 1.165) is 0 Å². The Labute approximate surface area is 137 Å². The molecular formula is C16H16N2O6. The number of nitrogens with zero attached hydrogens (tertiary/aromatic N) is 2. The highest BCUT2D eigenvalue weighted by Gasteiger charge is 2.24. The number of hydrogen-bond acceptors (Lipinski definition) is 7. The predicted molar refractivity (Wildman–Crippen MR) is 85.3 cm³/mol. The molecular weight excluding hydrogens is 316 g/mol. The van der Waals surface area contributed by atoms with Crippen LogP contribution < -0.4 is 14.2 Å². The summed E-state index contributed by atoms with van der Waals surface area (Å²) in [5.41, 5.74) is -0.0414. The number of rotatable bonds is 6. The second-order valence-electron chi connectivity index (χ2n) is 4.54. The zero-order valence-corrected chi connectivity index (χ0v) is 13.3. The van der Waals surface area contributed by atoms with Crippen molar-refractivity contribution in [2.45, 2.75) is 0 Å². The number of aromatic carboxylic acids is 1. The average Bonchev–Trinajstić information content (AvgIpc) is 2.59. The largest absolute Gasteiger partial charge is 0.506 e. The molecule has 2 N–H and O–H groups in total. The molecule has 24 heavy (non-hydrogen) atoms. The molecule has 0 spiro atoms. The van der Waals surface area contributed by atoms with Crippen LogP contribution >= 0.6 is 0 Å². The molecule has 0 amide bonds. The maximum atomic E-state index is 11.5. The van der Waals surface area contributed by atoms with Crippen molar-refractivity contribution in [2.24, 2.45) is 10.2 Å². The van der Waals surface area contributed by atoms with Gasteiger partial charge in [-0.15, -0.1) is 10.2 Å². The Kier molecular flexibility index (Phi) is 5.20. The van der Waals surface area contributed by atoms with Crippen molar-refractivity contribution in [1.29, 1.82) is 0 Å². The Hall–Kier alpha value is -3.29. The van der Waals surface area contributed by atoms with Crippen LogP contribution in [0, 0.1) is 0 Å². The van der Waals surface area contributed by atoms with E-state index in [2.05, 4.69) is 10.2 Å². The highest BCUT2D eigenvalue weighted by molar-refractivity contribution is 5.97. The standard InChI is InChI=1S/C16H16N2O6/c1-22-12-8-9(16(20)21)13(15(24-3)14(12)23-2)18-17-10-6-4-5-7-11(10)19/h4-8,19H,1-3H3,(H,20,21). The fourth-order valence-corrected chi connectivity index (χ4v) is 2.06. The number of azo groups is 1. The Morgan fingerprint density at radius 2 is 1.67 bits per heavy atom.